The van der Waals surface area contributed by atoms with E-state index in [1.165, 1.54) is 32.8 Å². The average molecular weight is 260 g/mol. The molecule has 0 aliphatic carbocycles. The van der Waals surface area contributed by atoms with Crippen molar-refractivity contribution in [3.8, 4) is 0 Å². The van der Waals surface area contributed by atoms with Gasteiger partial charge in [-0.15, -0.1) is 0 Å². The van der Waals surface area contributed by atoms with Crippen LogP contribution in [0.3, 0.4) is 0 Å². The summed E-state index contributed by atoms with van der Waals surface area (Å²) in [6.07, 6.45) is 9.18. The first-order chi connectivity index (χ1) is 8.70. The molecular formula is C14H28O4. The molecule has 4 nitrogen and oxygen atoms in total. The van der Waals surface area contributed by atoms with Crippen LogP contribution in [0.1, 0.15) is 64.2 Å². The molecule has 0 bridgehead atoms. The van der Waals surface area contributed by atoms with Gasteiger partial charge in [-0.3, -0.25) is 4.79 Å². The molecule has 0 spiro atoms. The monoisotopic (exact) mass is 260 g/mol. The molecule has 0 aromatic carbocycles. The Morgan fingerprint density at radius 3 is 2.00 bits per heavy atom. The predicted octanol–water partition coefficient (Wildman–Crippen LogP) is 2.41. The van der Waals surface area contributed by atoms with Gasteiger partial charge < -0.3 is 14.9 Å². The molecule has 0 aliphatic heterocycles. The second-order valence-electron chi connectivity index (χ2n) is 4.77. The van der Waals surface area contributed by atoms with Crippen LogP contribution >= 0.6 is 0 Å². The van der Waals surface area contributed by atoms with E-state index in [1.807, 2.05) is 0 Å². The summed E-state index contributed by atoms with van der Waals surface area (Å²) in [5.41, 5.74) is 0. The lowest BCUT2D eigenvalue weighted by Crippen LogP contribution is -2.14. The van der Waals surface area contributed by atoms with Gasteiger partial charge in [0.05, 0.1) is 19.6 Å². The molecule has 0 aromatic heterocycles. The van der Waals surface area contributed by atoms with Crippen LogP contribution in [-0.2, 0) is 9.53 Å². The van der Waals surface area contributed by atoms with Gasteiger partial charge in [-0.05, 0) is 12.8 Å². The highest BCUT2D eigenvalue weighted by molar-refractivity contribution is 5.69. The van der Waals surface area contributed by atoms with Crippen molar-refractivity contribution in [2.45, 2.75) is 70.3 Å². The number of hydrogen-bond acceptors (Lipinski definition) is 4. The summed E-state index contributed by atoms with van der Waals surface area (Å²) in [5, 5.41) is 18.1. The van der Waals surface area contributed by atoms with Crippen molar-refractivity contribution < 1.29 is 19.7 Å². The van der Waals surface area contributed by atoms with E-state index in [0.717, 1.165) is 25.7 Å². The first-order valence-corrected chi connectivity index (χ1v) is 7.06. The molecule has 0 saturated carbocycles. The highest BCUT2D eigenvalue weighted by Crippen LogP contribution is 2.11. The number of rotatable bonds is 12. The second-order valence-corrected chi connectivity index (χ2v) is 4.77. The number of unbranched alkanes of at least 4 members (excludes halogenated alkanes) is 7. The topological polar surface area (TPSA) is 66.8 Å². The van der Waals surface area contributed by atoms with Gasteiger partial charge >= 0.3 is 5.97 Å². The molecule has 108 valence electrons. The molecular weight excluding hydrogens is 232 g/mol. The second kappa shape index (κ2) is 12.8. The quantitative estimate of drug-likeness (QED) is 0.418. The van der Waals surface area contributed by atoms with Crippen LogP contribution in [0.25, 0.3) is 0 Å². The molecule has 0 heterocycles. The summed E-state index contributed by atoms with van der Waals surface area (Å²) in [4.78, 5) is 10.9. The SMILES string of the molecule is COC(=O)C[C@H](O)CCCCCCCCCCO. The first-order valence-electron chi connectivity index (χ1n) is 7.06. The van der Waals surface area contributed by atoms with Gasteiger partial charge in [0.1, 0.15) is 0 Å². The van der Waals surface area contributed by atoms with Gasteiger partial charge in [0.25, 0.3) is 0 Å². The summed E-state index contributed by atoms with van der Waals surface area (Å²) in [5.74, 6) is -0.341. The Labute approximate surface area is 110 Å². The van der Waals surface area contributed by atoms with Crippen LogP contribution < -0.4 is 0 Å². The van der Waals surface area contributed by atoms with Gasteiger partial charge in [0.15, 0.2) is 0 Å². The molecule has 0 unspecified atom stereocenters. The van der Waals surface area contributed by atoms with Gasteiger partial charge in [0.2, 0.25) is 0 Å². The maximum Gasteiger partial charge on any atom is 0.308 e. The van der Waals surface area contributed by atoms with E-state index in [9.17, 15) is 9.90 Å². The van der Waals surface area contributed by atoms with Crippen molar-refractivity contribution in [3.63, 3.8) is 0 Å². The number of hydrogen-bond donors (Lipinski definition) is 2. The van der Waals surface area contributed by atoms with Crippen molar-refractivity contribution in [1.29, 1.82) is 0 Å². The number of esters is 1. The Kier molecular flexibility index (Phi) is 12.4. The standard InChI is InChI=1S/C14H28O4/c1-18-14(17)12-13(16)10-8-6-4-2-3-5-7-9-11-15/h13,15-16H,2-12H2,1H3/t13-/m1/s1. The fourth-order valence-corrected chi connectivity index (χ4v) is 1.93. The Balaban J connectivity index is 3.17. The highest BCUT2D eigenvalue weighted by atomic mass is 16.5. The fraction of sp³-hybridized carbons (Fsp3) is 0.929. The average Bonchev–Trinajstić information content (AvgIpc) is 2.36. The van der Waals surface area contributed by atoms with Crippen molar-refractivity contribution in [1.82, 2.24) is 0 Å². The summed E-state index contributed by atoms with van der Waals surface area (Å²) in [7, 11) is 1.34. The minimum Gasteiger partial charge on any atom is -0.469 e. The number of aliphatic hydroxyl groups is 2. The number of aliphatic hydroxyl groups excluding tert-OH is 2. The lowest BCUT2D eigenvalue weighted by atomic mass is 10.0. The molecule has 0 rings (SSSR count). The zero-order chi connectivity index (χ0) is 13.6. The smallest absolute Gasteiger partial charge is 0.308 e. The Morgan fingerprint density at radius 2 is 1.50 bits per heavy atom. The van der Waals surface area contributed by atoms with Crippen molar-refractivity contribution >= 4 is 5.97 Å². The lowest BCUT2D eigenvalue weighted by molar-refractivity contribution is -0.142. The maximum atomic E-state index is 10.9. The van der Waals surface area contributed by atoms with Gasteiger partial charge in [-0.2, -0.15) is 0 Å². The zero-order valence-corrected chi connectivity index (χ0v) is 11.6. The summed E-state index contributed by atoms with van der Waals surface area (Å²) < 4.78 is 4.50. The van der Waals surface area contributed by atoms with E-state index in [2.05, 4.69) is 4.74 Å². The molecule has 18 heavy (non-hydrogen) atoms. The molecule has 1 atom stereocenters. The number of ether oxygens (including phenoxy) is 1. The minimum atomic E-state index is -0.554. The maximum absolute atomic E-state index is 10.9. The third kappa shape index (κ3) is 11.9. The fourth-order valence-electron chi connectivity index (χ4n) is 1.93. The van der Waals surface area contributed by atoms with Crippen LogP contribution in [0.5, 0.6) is 0 Å². The van der Waals surface area contributed by atoms with Gasteiger partial charge in [-0.25, -0.2) is 0 Å². The third-order valence-electron chi connectivity index (χ3n) is 3.08. The lowest BCUT2D eigenvalue weighted by Gasteiger charge is -2.08. The van der Waals surface area contributed by atoms with E-state index < -0.39 is 6.10 Å². The Hall–Kier alpha value is -0.610. The Bertz CT molecular complexity index is 194. The summed E-state index contributed by atoms with van der Waals surface area (Å²) in [6.45, 7) is 0.304. The number of carbonyl (C=O) groups excluding carboxylic acids is 1. The van der Waals surface area contributed by atoms with Crippen LogP contribution in [0.2, 0.25) is 0 Å². The normalized spacial score (nSPS) is 12.4. The number of carbonyl (C=O) groups is 1. The predicted molar refractivity (Wildman–Crippen MR) is 71.3 cm³/mol. The van der Waals surface area contributed by atoms with E-state index in [-0.39, 0.29) is 12.4 Å². The highest BCUT2D eigenvalue weighted by Gasteiger charge is 2.09. The van der Waals surface area contributed by atoms with Crippen LogP contribution in [0.4, 0.5) is 0 Å². The van der Waals surface area contributed by atoms with Crippen LogP contribution in [-0.4, -0.2) is 36.0 Å². The minimum absolute atomic E-state index is 0.109. The molecule has 0 aromatic rings. The molecule has 0 radical (unpaired) electrons. The molecule has 2 N–H and O–H groups in total. The molecule has 0 saturated heterocycles. The molecule has 0 fully saturated rings. The van der Waals surface area contributed by atoms with Crippen LogP contribution in [0.15, 0.2) is 0 Å². The summed E-state index contributed by atoms with van der Waals surface area (Å²) >= 11 is 0. The van der Waals surface area contributed by atoms with Crippen molar-refractivity contribution in [2.75, 3.05) is 13.7 Å². The van der Waals surface area contributed by atoms with E-state index >= 15 is 0 Å². The zero-order valence-electron chi connectivity index (χ0n) is 11.6. The van der Waals surface area contributed by atoms with Crippen molar-refractivity contribution in [3.05, 3.63) is 0 Å². The first kappa shape index (κ1) is 17.4. The molecule has 0 amide bonds. The van der Waals surface area contributed by atoms with Crippen molar-refractivity contribution in [2.24, 2.45) is 0 Å². The largest absolute Gasteiger partial charge is 0.469 e. The van der Waals surface area contributed by atoms with E-state index in [0.29, 0.717) is 13.0 Å². The van der Waals surface area contributed by atoms with Gasteiger partial charge in [-0.1, -0.05) is 44.9 Å². The van der Waals surface area contributed by atoms with E-state index in [1.54, 1.807) is 0 Å². The number of methoxy groups -OCH3 is 1. The van der Waals surface area contributed by atoms with E-state index in [4.69, 9.17) is 5.11 Å². The van der Waals surface area contributed by atoms with Gasteiger partial charge in [0, 0.05) is 6.61 Å². The summed E-state index contributed by atoms with van der Waals surface area (Å²) in [6, 6.07) is 0. The molecule has 0 aliphatic rings. The molecule has 4 heteroatoms. The Morgan fingerprint density at radius 1 is 1.00 bits per heavy atom. The third-order valence-corrected chi connectivity index (χ3v) is 3.08. The van der Waals surface area contributed by atoms with Crippen LogP contribution in [0, 0.1) is 0 Å².